The van der Waals surface area contributed by atoms with Crippen LogP contribution >= 0.6 is 0 Å². The van der Waals surface area contributed by atoms with Gasteiger partial charge in [-0.2, -0.15) is 8.78 Å². The standard InChI is InChI=1S/C24H20F3N/c1-17-3-4-20(15-22(17)25)11-9-18-5-7-19(8-6-18)10-12-21-13-14-23(28-16-21)24(2,26)27/h3-8,13-16H,9,11H2,1-2H3. The van der Waals surface area contributed by atoms with Crippen LogP contribution in [0.2, 0.25) is 0 Å². The molecule has 0 aliphatic heterocycles. The summed E-state index contributed by atoms with van der Waals surface area (Å²) in [5.41, 5.74) is 3.91. The summed E-state index contributed by atoms with van der Waals surface area (Å²) in [6.07, 6.45) is 2.93. The minimum atomic E-state index is -2.95. The van der Waals surface area contributed by atoms with Gasteiger partial charge in [-0.05, 0) is 66.8 Å². The highest BCUT2D eigenvalue weighted by molar-refractivity contribution is 5.43. The molecule has 0 aliphatic rings. The maximum Gasteiger partial charge on any atom is 0.286 e. The van der Waals surface area contributed by atoms with E-state index in [0.29, 0.717) is 11.1 Å². The molecule has 4 heteroatoms. The highest BCUT2D eigenvalue weighted by Crippen LogP contribution is 2.24. The van der Waals surface area contributed by atoms with Crippen molar-refractivity contribution in [1.82, 2.24) is 4.98 Å². The van der Waals surface area contributed by atoms with E-state index in [0.717, 1.165) is 36.5 Å². The maximum atomic E-state index is 13.6. The molecule has 0 amide bonds. The Hall–Kier alpha value is -3.06. The first-order valence-electron chi connectivity index (χ1n) is 9.01. The molecular weight excluding hydrogens is 359 g/mol. The first-order chi connectivity index (χ1) is 13.3. The van der Waals surface area contributed by atoms with E-state index in [4.69, 9.17) is 0 Å². The number of halogens is 3. The molecule has 3 aromatic rings. The van der Waals surface area contributed by atoms with Crippen molar-refractivity contribution < 1.29 is 13.2 Å². The third-order valence-electron chi connectivity index (χ3n) is 4.46. The Morgan fingerprint density at radius 2 is 1.46 bits per heavy atom. The Labute approximate surface area is 163 Å². The van der Waals surface area contributed by atoms with Gasteiger partial charge in [-0.3, -0.25) is 4.98 Å². The Balaban J connectivity index is 1.62. The second-order valence-corrected chi connectivity index (χ2v) is 6.85. The van der Waals surface area contributed by atoms with Gasteiger partial charge in [-0.25, -0.2) is 4.39 Å². The van der Waals surface area contributed by atoms with Crippen LogP contribution in [0.4, 0.5) is 13.2 Å². The quantitative estimate of drug-likeness (QED) is 0.520. The molecule has 0 unspecified atom stereocenters. The fourth-order valence-corrected chi connectivity index (χ4v) is 2.71. The van der Waals surface area contributed by atoms with E-state index in [-0.39, 0.29) is 11.5 Å². The van der Waals surface area contributed by atoms with Gasteiger partial charge in [0.05, 0.1) is 0 Å². The molecule has 0 bridgehead atoms. The van der Waals surface area contributed by atoms with E-state index < -0.39 is 5.92 Å². The number of rotatable bonds is 4. The van der Waals surface area contributed by atoms with Crippen molar-refractivity contribution in [3.8, 4) is 11.8 Å². The summed E-state index contributed by atoms with van der Waals surface area (Å²) in [4.78, 5) is 3.76. The Morgan fingerprint density at radius 3 is 2.07 bits per heavy atom. The van der Waals surface area contributed by atoms with Crippen molar-refractivity contribution in [1.29, 1.82) is 0 Å². The molecule has 3 rings (SSSR count). The molecule has 0 N–H and O–H groups in total. The molecule has 0 radical (unpaired) electrons. The van der Waals surface area contributed by atoms with Crippen molar-refractivity contribution in [3.63, 3.8) is 0 Å². The summed E-state index contributed by atoms with van der Waals surface area (Å²) in [7, 11) is 0. The van der Waals surface area contributed by atoms with E-state index in [2.05, 4.69) is 16.8 Å². The van der Waals surface area contributed by atoms with Crippen LogP contribution in [-0.4, -0.2) is 4.98 Å². The lowest BCUT2D eigenvalue weighted by atomic mass is 10.0. The van der Waals surface area contributed by atoms with Crippen molar-refractivity contribution in [2.75, 3.05) is 0 Å². The van der Waals surface area contributed by atoms with Gasteiger partial charge in [0, 0.05) is 24.2 Å². The Bertz CT molecular complexity index is 1000. The van der Waals surface area contributed by atoms with Gasteiger partial charge >= 0.3 is 0 Å². The smallest absolute Gasteiger partial charge is 0.254 e. The van der Waals surface area contributed by atoms with Gasteiger partial charge in [-0.1, -0.05) is 36.1 Å². The minimum Gasteiger partial charge on any atom is -0.254 e. The zero-order valence-corrected chi connectivity index (χ0v) is 15.8. The molecular formula is C24H20F3N. The molecule has 0 aliphatic carbocycles. The van der Waals surface area contributed by atoms with Crippen LogP contribution in [0, 0.1) is 24.6 Å². The largest absolute Gasteiger partial charge is 0.286 e. The Morgan fingerprint density at radius 1 is 0.857 bits per heavy atom. The van der Waals surface area contributed by atoms with Crippen LogP contribution in [0.25, 0.3) is 0 Å². The number of nitrogens with zero attached hydrogens (tertiary/aromatic N) is 1. The van der Waals surface area contributed by atoms with Crippen LogP contribution in [0.1, 0.15) is 40.4 Å². The SMILES string of the molecule is Cc1ccc(CCc2ccc(C#Cc3ccc(C(C)(F)F)nc3)cc2)cc1F. The van der Waals surface area contributed by atoms with Crippen LogP contribution < -0.4 is 0 Å². The fourth-order valence-electron chi connectivity index (χ4n) is 2.71. The molecule has 0 spiro atoms. The number of benzene rings is 2. The van der Waals surface area contributed by atoms with E-state index in [1.807, 2.05) is 30.3 Å². The molecule has 1 nitrogen and oxygen atoms in total. The van der Waals surface area contributed by atoms with Crippen molar-refractivity contribution in [3.05, 3.63) is 100 Å². The number of aromatic nitrogens is 1. The first-order valence-corrected chi connectivity index (χ1v) is 9.01. The number of hydrogen-bond acceptors (Lipinski definition) is 1. The lowest BCUT2D eigenvalue weighted by molar-refractivity contribution is 0.0127. The number of aryl methyl sites for hydroxylation is 3. The molecule has 2 aromatic carbocycles. The normalized spacial score (nSPS) is 11.0. The van der Waals surface area contributed by atoms with Crippen LogP contribution in [0.5, 0.6) is 0 Å². The molecule has 0 saturated carbocycles. The maximum absolute atomic E-state index is 13.6. The second-order valence-electron chi connectivity index (χ2n) is 6.85. The van der Waals surface area contributed by atoms with Crippen LogP contribution in [0.15, 0.2) is 60.8 Å². The summed E-state index contributed by atoms with van der Waals surface area (Å²) in [6, 6.07) is 16.0. The predicted octanol–water partition coefficient (Wildman–Crippen LogP) is 5.83. The molecule has 142 valence electrons. The lowest BCUT2D eigenvalue weighted by Gasteiger charge is -2.08. The number of alkyl halides is 2. The van der Waals surface area contributed by atoms with Crippen molar-refractivity contribution >= 4 is 0 Å². The fraction of sp³-hybridized carbons (Fsp3) is 0.208. The molecule has 0 fully saturated rings. The van der Waals surface area contributed by atoms with Crippen LogP contribution in [-0.2, 0) is 18.8 Å². The molecule has 1 aromatic heterocycles. The Kier molecular flexibility index (Phi) is 5.84. The second kappa shape index (κ2) is 8.31. The molecule has 0 saturated heterocycles. The third kappa shape index (κ3) is 5.23. The summed E-state index contributed by atoms with van der Waals surface area (Å²) < 4.78 is 39.9. The average molecular weight is 379 g/mol. The van der Waals surface area contributed by atoms with Gasteiger partial charge < -0.3 is 0 Å². The summed E-state index contributed by atoms with van der Waals surface area (Å²) in [6.45, 7) is 2.57. The summed E-state index contributed by atoms with van der Waals surface area (Å²) >= 11 is 0. The molecule has 28 heavy (non-hydrogen) atoms. The van der Waals surface area contributed by atoms with E-state index in [1.54, 1.807) is 25.1 Å². The number of pyridine rings is 1. The van der Waals surface area contributed by atoms with Crippen molar-refractivity contribution in [2.45, 2.75) is 32.6 Å². The van der Waals surface area contributed by atoms with Gasteiger partial charge in [0.1, 0.15) is 11.5 Å². The zero-order chi connectivity index (χ0) is 20.1. The van der Waals surface area contributed by atoms with E-state index >= 15 is 0 Å². The average Bonchev–Trinajstić information content (AvgIpc) is 2.68. The molecule has 0 atom stereocenters. The highest BCUT2D eigenvalue weighted by atomic mass is 19.3. The monoisotopic (exact) mass is 379 g/mol. The predicted molar refractivity (Wildman–Crippen MR) is 105 cm³/mol. The summed E-state index contributed by atoms with van der Waals surface area (Å²) in [5, 5.41) is 0. The first kappa shape index (κ1) is 19.7. The van der Waals surface area contributed by atoms with Gasteiger partial charge in [0.2, 0.25) is 0 Å². The minimum absolute atomic E-state index is 0.173. The van der Waals surface area contributed by atoms with Gasteiger partial charge in [-0.15, -0.1) is 0 Å². The van der Waals surface area contributed by atoms with E-state index in [9.17, 15) is 13.2 Å². The van der Waals surface area contributed by atoms with Gasteiger partial charge in [0.25, 0.3) is 5.92 Å². The highest BCUT2D eigenvalue weighted by Gasteiger charge is 2.25. The van der Waals surface area contributed by atoms with Crippen molar-refractivity contribution in [2.24, 2.45) is 0 Å². The third-order valence-corrected chi connectivity index (χ3v) is 4.46. The van der Waals surface area contributed by atoms with E-state index in [1.165, 1.54) is 12.3 Å². The lowest BCUT2D eigenvalue weighted by Crippen LogP contribution is -2.09. The summed E-state index contributed by atoms with van der Waals surface area (Å²) in [5.74, 6) is 2.81. The van der Waals surface area contributed by atoms with Crippen LogP contribution in [0.3, 0.4) is 0 Å². The topological polar surface area (TPSA) is 12.9 Å². The van der Waals surface area contributed by atoms with Gasteiger partial charge in [0.15, 0.2) is 0 Å². The zero-order valence-electron chi connectivity index (χ0n) is 15.8. The molecule has 1 heterocycles. The number of hydrogen-bond donors (Lipinski definition) is 0.